The van der Waals surface area contributed by atoms with E-state index in [1.54, 1.807) is 0 Å². The van der Waals surface area contributed by atoms with E-state index in [-0.39, 0.29) is 0 Å². The number of nitrogens with one attached hydrogen (secondary N) is 1. The lowest BCUT2D eigenvalue weighted by atomic mass is 10.2. The topological polar surface area (TPSA) is 28.7 Å². The second-order valence-electron chi connectivity index (χ2n) is 2.59. The number of hydrogen-bond donors (Lipinski definition) is 1. The van der Waals surface area contributed by atoms with Crippen LogP contribution in [0.5, 0.6) is 0 Å². The monoisotopic (exact) mass is 176 g/mol. The molecule has 0 radical (unpaired) electrons. The minimum Gasteiger partial charge on any atom is -0.361 e. The lowest BCUT2D eigenvalue weighted by molar-refractivity contribution is 1.04. The van der Waals surface area contributed by atoms with Crippen molar-refractivity contribution in [3.05, 3.63) is 30.2 Å². The lowest BCUT2D eigenvalue weighted by Crippen LogP contribution is -1.84. The number of aryl methyl sites for hydroxylation is 1. The van der Waals surface area contributed by atoms with Crippen LogP contribution in [0.15, 0.2) is 24.5 Å². The van der Waals surface area contributed by atoms with E-state index in [0.29, 0.717) is 0 Å². The highest BCUT2D eigenvalue weighted by atomic mass is 14.7. The van der Waals surface area contributed by atoms with Crippen LogP contribution in [-0.4, -0.2) is 9.97 Å². The van der Waals surface area contributed by atoms with Crippen molar-refractivity contribution in [2.75, 3.05) is 0 Å². The molecule has 2 aromatic heterocycles. The molecule has 0 aliphatic carbocycles. The van der Waals surface area contributed by atoms with Crippen LogP contribution >= 0.6 is 0 Å². The molecule has 13 heavy (non-hydrogen) atoms. The van der Waals surface area contributed by atoms with Gasteiger partial charge in [-0.15, -0.1) is 0 Å². The predicted molar refractivity (Wildman–Crippen MR) is 56.8 cm³/mol. The molecule has 0 saturated carbocycles. The average molecular weight is 176 g/mol. The van der Waals surface area contributed by atoms with Crippen LogP contribution in [0.3, 0.4) is 0 Å². The maximum atomic E-state index is 4.28. The van der Waals surface area contributed by atoms with Crippen LogP contribution in [0.2, 0.25) is 0 Å². The third-order valence-corrected chi connectivity index (χ3v) is 1.86. The first kappa shape index (κ1) is 9.78. The molecule has 0 amide bonds. The Morgan fingerprint density at radius 1 is 1.38 bits per heavy atom. The Balaban J connectivity index is 0.000000396. The Labute approximate surface area is 79.0 Å². The minimum absolute atomic E-state index is 0.995. The normalized spacial score (nSPS) is 9.46. The van der Waals surface area contributed by atoms with E-state index in [4.69, 9.17) is 0 Å². The van der Waals surface area contributed by atoms with Crippen molar-refractivity contribution in [3.63, 3.8) is 0 Å². The SMILES string of the molecule is CC.CCc1cc2[nH]ccc2cn1. The highest BCUT2D eigenvalue weighted by Gasteiger charge is 1.94. The molecule has 70 valence electrons. The van der Waals surface area contributed by atoms with E-state index in [9.17, 15) is 0 Å². The van der Waals surface area contributed by atoms with Crippen LogP contribution in [-0.2, 0) is 6.42 Å². The number of nitrogens with zero attached hydrogens (tertiary/aromatic N) is 1. The van der Waals surface area contributed by atoms with Crippen molar-refractivity contribution in [1.82, 2.24) is 9.97 Å². The third-order valence-electron chi connectivity index (χ3n) is 1.86. The van der Waals surface area contributed by atoms with Crippen molar-refractivity contribution in [3.8, 4) is 0 Å². The number of rotatable bonds is 1. The third kappa shape index (κ3) is 2.08. The molecular formula is C11H16N2. The van der Waals surface area contributed by atoms with Gasteiger partial charge >= 0.3 is 0 Å². The molecule has 2 heterocycles. The first-order valence-corrected chi connectivity index (χ1v) is 4.82. The van der Waals surface area contributed by atoms with Gasteiger partial charge in [0.15, 0.2) is 0 Å². The molecule has 0 spiro atoms. The van der Waals surface area contributed by atoms with Gasteiger partial charge in [-0.1, -0.05) is 20.8 Å². The number of aromatic amines is 1. The smallest absolute Gasteiger partial charge is 0.0487 e. The van der Waals surface area contributed by atoms with Crippen molar-refractivity contribution in [1.29, 1.82) is 0 Å². The molecule has 2 rings (SSSR count). The largest absolute Gasteiger partial charge is 0.361 e. The molecule has 2 nitrogen and oxygen atoms in total. The first-order valence-electron chi connectivity index (χ1n) is 4.82. The fraction of sp³-hybridized carbons (Fsp3) is 0.364. The summed E-state index contributed by atoms with van der Waals surface area (Å²) in [5, 5.41) is 1.18. The standard InChI is InChI=1S/C9H10N2.C2H6/c1-2-8-5-9-7(6-11-8)3-4-10-9;1-2/h3-6,10H,2H2,1H3;1-2H3. The number of fused-ring (bicyclic) bond motifs is 1. The Hall–Kier alpha value is -1.31. The van der Waals surface area contributed by atoms with Crippen molar-refractivity contribution in [2.45, 2.75) is 27.2 Å². The first-order chi connectivity index (χ1) is 6.40. The molecule has 1 N–H and O–H groups in total. The highest BCUT2D eigenvalue weighted by Crippen LogP contribution is 2.11. The number of hydrogen-bond acceptors (Lipinski definition) is 1. The van der Waals surface area contributed by atoms with Gasteiger partial charge in [-0.3, -0.25) is 4.98 Å². The zero-order valence-corrected chi connectivity index (χ0v) is 8.46. The van der Waals surface area contributed by atoms with Crippen LogP contribution < -0.4 is 0 Å². The van der Waals surface area contributed by atoms with Crippen LogP contribution in [0.4, 0.5) is 0 Å². The van der Waals surface area contributed by atoms with E-state index in [0.717, 1.165) is 12.1 Å². The van der Waals surface area contributed by atoms with E-state index in [2.05, 4.69) is 23.0 Å². The maximum Gasteiger partial charge on any atom is 0.0487 e. The number of H-pyrrole nitrogens is 1. The predicted octanol–water partition coefficient (Wildman–Crippen LogP) is 3.15. The van der Waals surface area contributed by atoms with Crippen LogP contribution in [0.1, 0.15) is 26.5 Å². The molecule has 2 heteroatoms. The van der Waals surface area contributed by atoms with E-state index in [1.807, 2.05) is 32.3 Å². The van der Waals surface area contributed by atoms with Gasteiger partial charge in [0.1, 0.15) is 0 Å². The average Bonchev–Trinajstić information content (AvgIpc) is 2.67. The summed E-state index contributed by atoms with van der Waals surface area (Å²) >= 11 is 0. The Bertz CT molecular complexity index is 363. The second-order valence-corrected chi connectivity index (χ2v) is 2.59. The summed E-state index contributed by atoms with van der Waals surface area (Å²) in [7, 11) is 0. The molecule has 0 saturated heterocycles. The fourth-order valence-corrected chi connectivity index (χ4v) is 1.18. The molecule has 0 aromatic carbocycles. The zero-order valence-electron chi connectivity index (χ0n) is 8.46. The lowest BCUT2D eigenvalue weighted by Gasteiger charge is -1.93. The van der Waals surface area contributed by atoms with Gasteiger partial charge in [-0.05, 0) is 18.6 Å². The molecular weight excluding hydrogens is 160 g/mol. The van der Waals surface area contributed by atoms with Crippen LogP contribution in [0.25, 0.3) is 10.9 Å². The van der Waals surface area contributed by atoms with E-state index >= 15 is 0 Å². The second kappa shape index (κ2) is 4.65. The van der Waals surface area contributed by atoms with Gasteiger partial charge in [0, 0.05) is 29.0 Å². The summed E-state index contributed by atoms with van der Waals surface area (Å²) in [5.74, 6) is 0. The van der Waals surface area contributed by atoms with Gasteiger partial charge in [0.05, 0.1) is 0 Å². The summed E-state index contributed by atoms with van der Waals surface area (Å²) < 4.78 is 0. The molecule has 0 bridgehead atoms. The van der Waals surface area contributed by atoms with Crippen molar-refractivity contribution < 1.29 is 0 Å². The minimum atomic E-state index is 0.995. The van der Waals surface area contributed by atoms with Crippen LogP contribution in [0, 0.1) is 0 Å². The van der Waals surface area contributed by atoms with Gasteiger partial charge in [-0.25, -0.2) is 0 Å². The van der Waals surface area contributed by atoms with Gasteiger partial charge < -0.3 is 4.98 Å². The molecule has 0 fully saturated rings. The van der Waals surface area contributed by atoms with E-state index < -0.39 is 0 Å². The number of aromatic nitrogens is 2. The summed E-state index contributed by atoms with van der Waals surface area (Å²) in [6.45, 7) is 6.11. The van der Waals surface area contributed by atoms with Gasteiger partial charge in [-0.2, -0.15) is 0 Å². The summed E-state index contributed by atoms with van der Waals surface area (Å²) in [4.78, 5) is 7.43. The Kier molecular flexibility index (Phi) is 3.50. The molecule has 0 aliphatic heterocycles. The summed E-state index contributed by atoms with van der Waals surface area (Å²) in [6, 6.07) is 4.12. The highest BCUT2D eigenvalue weighted by molar-refractivity contribution is 5.78. The summed E-state index contributed by atoms with van der Waals surface area (Å²) in [6.07, 6.45) is 4.84. The van der Waals surface area contributed by atoms with Gasteiger partial charge in [0.2, 0.25) is 0 Å². The van der Waals surface area contributed by atoms with Gasteiger partial charge in [0.25, 0.3) is 0 Å². The zero-order chi connectivity index (χ0) is 9.68. The van der Waals surface area contributed by atoms with E-state index in [1.165, 1.54) is 10.9 Å². The Morgan fingerprint density at radius 2 is 2.15 bits per heavy atom. The van der Waals surface area contributed by atoms with Crippen molar-refractivity contribution in [2.24, 2.45) is 0 Å². The molecule has 2 aromatic rings. The summed E-state index contributed by atoms with van der Waals surface area (Å²) in [5.41, 5.74) is 2.32. The molecule has 0 atom stereocenters. The van der Waals surface area contributed by atoms with Crippen molar-refractivity contribution >= 4 is 10.9 Å². The maximum absolute atomic E-state index is 4.28. The molecule has 0 aliphatic rings. The Morgan fingerprint density at radius 3 is 2.85 bits per heavy atom. The fourth-order valence-electron chi connectivity index (χ4n) is 1.18. The molecule has 0 unspecified atom stereocenters. The number of pyridine rings is 1. The quantitative estimate of drug-likeness (QED) is 0.710.